The van der Waals surface area contributed by atoms with Crippen molar-refractivity contribution in [2.45, 2.75) is 119 Å². The fourth-order valence-electron chi connectivity index (χ4n) is 5.71. The lowest BCUT2D eigenvalue weighted by Crippen LogP contribution is -2.69. The van der Waals surface area contributed by atoms with Gasteiger partial charge in [-0.25, -0.2) is 0 Å². The molecule has 2 saturated heterocycles. The Bertz CT molecular complexity index is 804. The predicted octanol–water partition coefficient (Wildman–Crippen LogP) is -3.41. The lowest BCUT2D eigenvalue weighted by molar-refractivity contribution is -0.311. The number of ether oxygens (including phenoxy) is 4. The molecule has 6 unspecified atom stereocenters. The van der Waals surface area contributed by atoms with Gasteiger partial charge < -0.3 is 67.2 Å². The summed E-state index contributed by atoms with van der Waals surface area (Å²) in [4.78, 5) is 13.0. The largest absolute Gasteiger partial charge is 0.388 e. The van der Waals surface area contributed by atoms with Crippen molar-refractivity contribution in [2.75, 3.05) is 26.7 Å². The average molecular weight is 564 g/mol. The Morgan fingerprint density at radius 1 is 1.13 bits per heavy atom. The number of nitrogens with one attached hydrogen (secondary N) is 2. The van der Waals surface area contributed by atoms with E-state index in [1.165, 1.54) is 6.92 Å². The van der Waals surface area contributed by atoms with E-state index >= 15 is 0 Å². The van der Waals surface area contributed by atoms with E-state index in [0.717, 1.165) is 12.8 Å². The van der Waals surface area contributed by atoms with E-state index in [-0.39, 0.29) is 31.1 Å². The van der Waals surface area contributed by atoms with E-state index in [0.29, 0.717) is 6.42 Å². The zero-order chi connectivity index (χ0) is 29.1. The van der Waals surface area contributed by atoms with Gasteiger partial charge in [0.1, 0.15) is 23.9 Å². The van der Waals surface area contributed by atoms with Crippen molar-refractivity contribution in [3.63, 3.8) is 0 Å². The summed E-state index contributed by atoms with van der Waals surface area (Å²) in [7, 11) is 1.59. The molecule has 14 heteroatoms. The minimum atomic E-state index is -2.01. The molecule has 12 N–H and O–H groups in total. The summed E-state index contributed by atoms with van der Waals surface area (Å²) in [5.74, 6) is -1.11. The topological polar surface area (TPSA) is 237 Å². The number of aliphatic hydroxyl groups excluding tert-OH is 2. The molecule has 0 bridgehead atoms. The lowest BCUT2D eigenvalue weighted by Gasteiger charge is -2.49. The summed E-state index contributed by atoms with van der Waals surface area (Å²) in [6, 6.07) is -2.01. The van der Waals surface area contributed by atoms with Crippen LogP contribution in [0.3, 0.4) is 0 Å². The zero-order valence-electron chi connectivity index (χ0n) is 23.4. The van der Waals surface area contributed by atoms with E-state index in [9.17, 15) is 25.2 Å². The monoisotopic (exact) mass is 563 g/mol. The first kappa shape index (κ1) is 32.5. The van der Waals surface area contributed by atoms with E-state index < -0.39 is 79.3 Å². The molecule has 1 saturated carbocycles. The van der Waals surface area contributed by atoms with Crippen molar-refractivity contribution < 1.29 is 44.2 Å². The Balaban J connectivity index is 1.85. The standard InChI is InChI=1S/C25H49N5O9/c1-5-13-6-7-14(28)21(37-13)38-18-12(2)8-15(30-23(33)25(35,9-26)10-27)19(16(18)31)39-22-17(32)20(29-4)24(3,34)11-36-22/h12-22,29,31-32,34-35H,5-11,26-28H2,1-4H3,(H,30,33)/t12-,13+,14?,15+,16?,17?,18?,19?,20+,21+,22+,24?/m0/s1. The number of carbonyl (C=O) groups is 1. The van der Waals surface area contributed by atoms with Crippen LogP contribution in [0.15, 0.2) is 0 Å². The molecule has 0 aromatic heterocycles. The first-order valence-electron chi connectivity index (χ1n) is 13.8. The Hall–Kier alpha value is -1.01. The average Bonchev–Trinajstić information content (AvgIpc) is 2.90. The van der Waals surface area contributed by atoms with Crippen LogP contribution in [0.2, 0.25) is 0 Å². The third kappa shape index (κ3) is 7.08. The van der Waals surface area contributed by atoms with Crippen LogP contribution in [0.25, 0.3) is 0 Å². The molecule has 1 amide bonds. The molecule has 2 aliphatic heterocycles. The van der Waals surface area contributed by atoms with Gasteiger partial charge in [-0.3, -0.25) is 4.79 Å². The summed E-state index contributed by atoms with van der Waals surface area (Å²) in [5.41, 5.74) is 14.1. The molecule has 14 nitrogen and oxygen atoms in total. The molecular formula is C25H49N5O9. The second kappa shape index (κ2) is 13.3. The van der Waals surface area contributed by atoms with Gasteiger partial charge >= 0.3 is 0 Å². The van der Waals surface area contributed by atoms with Crippen LogP contribution in [0.1, 0.15) is 46.5 Å². The van der Waals surface area contributed by atoms with Crippen molar-refractivity contribution in [3.8, 4) is 0 Å². The zero-order valence-corrected chi connectivity index (χ0v) is 23.4. The van der Waals surface area contributed by atoms with Crippen LogP contribution in [0.4, 0.5) is 0 Å². The molecule has 39 heavy (non-hydrogen) atoms. The molecule has 1 aliphatic carbocycles. The third-order valence-electron chi connectivity index (χ3n) is 8.35. The highest BCUT2D eigenvalue weighted by Gasteiger charge is 2.52. The van der Waals surface area contributed by atoms with Crippen LogP contribution in [0.5, 0.6) is 0 Å². The number of likely N-dealkylation sites (N-methyl/N-ethyl adjacent to an activating group) is 1. The van der Waals surface area contributed by atoms with Crippen LogP contribution in [0, 0.1) is 5.92 Å². The fraction of sp³-hybridized carbons (Fsp3) is 0.960. The predicted molar refractivity (Wildman–Crippen MR) is 140 cm³/mol. The van der Waals surface area contributed by atoms with Crippen molar-refractivity contribution in [1.82, 2.24) is 10.6 Å². The first-order valence-corrected chi connectivity index (χ1v) is 13.8. The molecule has 3 aliphatic rings. The van der Waals surface area contributed by atoms with Gasteiger partial charge in [-0.1, -0.05) is 13.8 Å². The van der Waals surface area contributed by atoms with Crippen LogP contribution >= 0.6 is 0 Å². The van der Waals surface area contributed by atoms with Crippen LogP contribution in [-0.2, 0) is 23.7 Å². The number of carbonyl (C=O) groups excluding carboxylic acids is 1. The number of rotatable bonds is 10. The van der Waals surface area contributed by atoms with E-state index in [2.05, 4.69) is 10.6 Å². The van der Waals surface area contributed by atoms with Gasteiger partial charge in [0.05, 0.1) is 36.9 Å². The highest BCUT2D eigenvalue weighted by Crippen LogP contribution is 2.35. The number of hydrogen-bond donors (Lipinski definition) is 9. The van der Waals surface area contributed by atoms with Gasteiger partial charge in [0.2, 0.25) is 0 Å². The second-order valence-electron chi connectivity index (χ2n) is 11.5. The molecule has 0 aromatic carbocycles. The highest BCUT2D eigenvalue weighted by atomic mass is 16.7. The number of aliphatic hydroxyl groups is 4. The molecule has 3 fully saturated rings. The Labute approximate surface area is 229 Å². The van der Waals surface area contributed by atoms with Gasteiger partial charge in [-0.2, -0.15) is 0 Å². The normalized spacial score (nSPS) is 43.7. The van der Waals surface area contributed by atoms with Gasteiger partial charge in [0, 0.05) is 13.1 Å². The molecular weight excluding hydrogens is 514 g/mol. The van der Waals surface area contributed by atoms with Crippen molar-refractivity contribution >= 4 is 5.91 Å². The summed E-state index contributed by atoms with van der Waals surface area (Å²) in [5, 5.41) is 49.3. The third-order valence-corrected chi connectivity index (χ3v) is 8.35. The second-order valence-corrected chi connectivity index (χ2v) is 11.5. The van der Waals surface area contributed by atoms with E-state index in [1.54, 1.807) is 7.05 Å². The molecule has 0 spiro atoms. The van der Waals surface area contributed by atoms with Gasteiger partial charge in [-0.05, 0) is 45.6 Å². The number of amides is 1. The fourth-order valence-corrected chi connectivity index (χ4v) is 5.71. The quantitative estimate of drug-likeness (QED) is 0.126. The lowest BCUT2D eigenvalue weighted by atomic mass is 9.79. The summed E-state index contributed by atoms with van der Waals surface area (Å²) in [6.45, 7) is 4.43. The van der Waals surface area contributed by atoms with Gasteiger partial charge in [-0.15, -0.1) is 0 Å². The summed E-state index contributed by atoms with van der Waals surface area (Å²) in [6.07, 6.45) is -3.95. The highest BCUT2D eigenvalue weighted by molar-refractivity contribution is 5.85. The Kier molecular flexibility index (Phi) is 11.1. The van der Waals surface area contributed by atoms with Gasteiger partial charge in [0.15, 0.2) is 18.2 Å². The van der Waals surface area contributed by atoms with E-state index in [4.69, 9.17) is 36.1 Å². The van der Waals surface area contributed by atoms with Gasteiger partial charge in [0.25, 0.3) is 5.91 Å². The SMILES string of the molecule is CC[C@@H]1CCC(N)[C@@H](OC2C(O)C(O[C@H]3OCC(C)(O)[C@H](NC)C3O)[C@H](NC(=O)C(O)(CN)CN)C[C@@H]2C)O1. The minimum Gasteiger partial charge on any atom is -0.388 e. The van der Waals surface area contributed by atoms with Crippen molar-refractivity contribution in [1.29, 1.82) is 0 Å². The maximum absolute atomic E-state index is 13.0. The van der Waals surface area contributed by atoms with Crippen molar-refractivity contribution in [2.24, 2.45) is 23.1 Å². The molecule has 0 aromatic rings. The maximum atomic E-state index is 13.0. The first-order chi connectivity index (χ1) is 18.3. The molecule has 228 valence electrons. The summed E-state index contributed by atoms with van der Waals surface area (Å²) >= 11 is 0. The molecule has 12 atom stereocenters. The molecule has 0 radical (unpaired) electrons. The van der Waals surface area contributed by atoms with Crippen LogP contribution in [-0.4, -0.2) is 126 Å². The smallest absolute Gasteiger partial charge is 0.254 e. The maximum Gasteiger partial charge on any atom is 0.254 e. The van der Waals surface area contributed by atoms with Crippen LogP contribution < -0.4 is 27.8 Å². The molecule has 2 heterocycles. The van der Waals surface area contributed by atoms with Crippen molar-refractivity contribution in [3.05, 3.63) is 0 Å². The Morgan fingerprint density at radius 3 is 2.36 bits per heavy atom. The number of nitrogens with two attached hydrogens (primary N) is 3. The molecule has 3 rings (SSSR count). The summed E-state index contributed by atoms with van der Waals surface area (Å²) < 4.78 is 24.1. The minimum absolute atomic E-state index is 0.00724. The number of hydrogen-bond acceptors (Lipinski definition) is 13. The van der Waals surface area contributed by atoms with E-state index in [1.807, 2.05) is 13.8 Å². The Morgan fingerprint density at radius 2 is 1.77 bits per heavy atom.